The van der Waals surface area contributed by atoms with E-state index in [4.69, 9.17) is 0 Å². The average Bonchev–Trinajstić information content (AvgIpc) is 0.968. The highest BCUT2D eigenvalue weighted by molar-refractivity contribution is 5.85. The lowest BCUT2D eigenvalue weighted by molar-refractivity contribution is -0.0796. The summed E-state index contributed by atoms with van der Waals surface area (Å²) in [6.07, 6.45) is 61.3. The second kappa shape index (κ2) is 72.8. The summed E-state index contributed by atoms with van der Waals surface area (Å²) < 4.78 is 0. The third-order valence-corrected chi connectivity index (χ3v) is 33.0. The highest BCUT2D eigenvalue weighted by Crippen LogP contribution is 2.62. The van der Waals surface area contributed by atoms with Crippen molar-refractivity contribution in [3.05, 3.63) is 264 Å². The molecule has 3 saturated heterocycles. The summed E-state index contributed by atoms with van der Waals surface area (Å²) in [5.74, 6) is 13.4. The maximum atomic E-state index is 4.22. The Hall–Kier alpha value is -7.90. The summed E-state index contributed by atoms with van der Waals surface area (Å²) in [6.45, 7) is 72.2. The van der Waals surface area contributed by atoms with Gasteiger partial charge >= 0.3 is 0 Å². The van der Waals surface area contributed by atoms with Crippen molar-refractivity contribution in [2.24, 2.45) is 87.3 Å². The predicted molar refractivity (Wildman–Crippen MR) is 680 cm³/mol. The fourth-order valence-electron chi connectivity index (χ4n) is 22.8. The first-order valence-corrected chi connectivity index (χ1v) is 54.6. The number of nitrogens with zero attached hydrogens (tertiary/aromatic N) is 4. The van der Waals surface area contributed by atoms with E-state index < -0.39 is 0 Å². The molecule has 7 heterocycles. The molecule has 4 aromatic heterocycles. The largest absolute Gasteiger partial charge is 0.361 e. The number of fused-ring (bicyclic) bond motifs is 9. The minimum absolute atomic E-state index is 0. The van der Waals surface area contributed by atoms with Crippen molar-refractivity contribution in [1.29, 1.82) is 0 Å². The van der Waals surface area contributed by atoms with Gasteiger partial charge in [-0.05, 0) is 444 Å². The number of rotatable bonds is 0. The number of imidazole rings is 1. The Balaban J connectivity index is -0.000000759. The van der Waals surface area contributed by atoms with Crippen LogP contribution in [0.1, 0.15) is 433 Å². The van der Waals surface area contributed by atoms with E-state index in [1.807, 2.05) is 58.5 Å². The van der Waals surface area contributed by atoms with Crippen LogP contribution in [0.15, 0.2) is 186 Å². The lowest BCUT2D eigenvalue weighted by Gasteiger charge is -2.58. The van der Waals surface area contributed by atoms with E-state index in [1.165, 1.54) is 215 Å². The predicted octanol–water partition coefficient (Wildman–Crippen LogP) is 39.9. The molecule has 0 spiro atoms. The Kier molecular flexibility index (Phi) is 72.0. The lowest BCUT2D eigenvalue weighted by Crippen LogP contribution is -2.51. The Labute approximate surface area is 931 Å². The highest BCUT2D eigenvalue weighted by Gasteiger charge is 2.52. The third kappa shape index (κ3) is 49.9. The van der Waals surface area contributed by atoms with Crippen LogP contribution in [0.2, 0.25) is 0 Å². The molecule has 0 radical (unpaired) electrons. The van der Waals surface area contributed by atoms with Gasteiger partial charge in [-0.2, -0.15) is 0 Å². The van der Waals surface area contributed by atoms with Gasteiger partial charge in [-0.15, -0.1) is 0 Å². The van der Waals surface area contributed by atoms with Crippen LogP contribution in [-0.4, -0.2) is 86.9 Å². The molecule has 8 unspecified atom stereocenters. The summed E-state index contributed by atoms with van der Waals surface area (Å²) in [7, 11) is 0. The first-order valence-electron chi connectivity index (χ1n) is 54.6. The molecular weight excluding hydrogens is 1820 g/mol. The monoisotopic (exact) mass is 2070 g/mol. The Bertz CT molecular complexity index is 4620. The van der Waals surface area contributed by atoms with Gasteiger partial charge in [0.1, 0.15) is 5.82 Å². The summed E-state index contributed by atoms with van der Waals surface area (Å²) in [5, 5.41) is 18.1. The molecule has 7 N–H and O–H groups in total. The first-order chi connectivity index (χ1) is 65.5. The minimum atomic E-state index is 0. The molecule has 18 aliphatic rings. The van der Waals surface area contributed by atoms with Crippen LogP contribution in [0.25, 0.3) is 28.0 Å². The number of piperidine rings is 1. The minimum Gasteiger partial charge on any atom is -0.361 e. The maximum absolute atomic E-state index is 4.22. The lowest BCUT2D eigenvalue weighted by atomic mass is 9.47. The number of hydrogen-bond acceptors (Lipinski definition) is 9. The summed E-state index contributed by atoms with van der Waals surface area (Å²) >= 11 is 0. The van der Waals surface area contributed by atoms with Crippen LogP contribution in [0.4, 0.5) is 0 Å². The van der Waals surface area contributed by atoms with Gasteiger partial charge in [0.25, 0.3) is 0 Å². The zero-order valence-electron chi connectivity index (χ0n) is 92.8. The molecular formula is C139H243N11. The average molecular weight is 2070 g/mol. The molecule has 11 heteroatoms. The van der Waals surface area contributed by atoms with Crippen LogP contribution in [0.3, 0.4) is 0 Å². The van der Waals surface area contributed by atoms with Crippen molar-refractivity contribution in [2.75, 3.05) is 32.7 Å². The van der Waals surface area contributed by atoms with E-state index in [-0.39, 0.29) is 89.1 Å². The second-order valence-electron chi connectivity index (χ2n) is 47.5. The zero-order chi connectivity index (χ0) is 101. The van der Waals surface area contributed by atoms with Gasteiger partial charge in [-0.1, -0.05) is 322 Å². The molecule has 8 aromatic rings. The first kappa shape index (κ1) is 148. The standard InChI is InChI=1S/C12H20.C11H12.C10H11N.C10H10.C10H18.C9H10N2.C9H16.C8H16.C8H12.C8H10.C7H15N.C7H9N.2C6H14N2.C6H8N2.12CH4/c1-8-10-3-9-4-11(8)7-12(2,5-9)6-10;1-8-6-7-9(2)11-5-3-4-10(8)11;1-7-3-4-8(2)10-9(7)5-6-11-10;1-7-3-9-5-8(2)6-10(9)4-7;1-9-3-6-10(2,7-4-9)8-5-9;1-6-3-4-7(2)9-8(6)10-5-11-9;1-6-3-8-5-9(4-6)7(8)2;3*1-7-3-5-8(2)6-4-7;2*1-6-3-4-7(2)8-5-6;1-5-3-8-6(2)4-7-5;2*1-5-3-7-6(2)8-4-5;;;;;;;;;;;;/h8-11H,3-7H2,1-2H3;3-4,6-7H,5H2,1-2H3;3-6,11H,1-2H3;3-6H,1-2H3;3-8H2,1-2H3;3-5H,1-2H3,(H,10,11);6-9H,3-5H2,1-2H3;7-8H,3-6H2,1-2H3;3,5H,4,6H2,1-2H3;3-6H,1-2H3;6-8H,3-5H2,1-2H3;3-5H,1-2H3;2*5-8H,3-4H2,1-2H3;3-4H,1-2H3;12*1H4. The van der Waals surface area contributed by atoms with E-state index in [2.05, 4.69) is 358 Å². The maximum Gasteiger partial charge on any atom is 0.125 e. The van der Waals surface area contributed by atoms with Crippen LogP contribution in [0.5, 0.6) is 0 Å². The van der Waals surface area contributed by atoms with Crippen molar-refractivity contribution in [3.8, 4) is 0 Å². The zero-order valence-corrected chi connectivity index (χ0v) is 92.8. The smallest absolute Gasteiger partial charge is 0.125 e. The van der Waals surface area contributed by atoms with E-state index in [9.17, 15) is 0 Å². The number of aromatic amines is 2. The third-order valence-electron chi connectivity index (χ3n) is 33.0. The van der Waals surface area contributed by atoms with Gasteiger partial charge in [0.15, 0.2) is 0 Å². The molecule has 15 aliphatic carbocycles. The quantitative estimate of drug-likeness (QED) is 0.0790. The van der Waals surface area contributed by atoms with Gasteiger partial charge in [0, 0.05) is 85.7 Å². The number of benzene rings is 4. The highest BCUT2D eigenvalue weighted by atomic mass is 15.1. The van der Waals surface area contributed by atoms with Crippen LogP contribution < -0.4 is 26.6 Å². The Morgan fingerprint density at radius 3 is 1.13 bits per heavy atom. The van der Waals surface area contributed by atoms with Gasteiger partial charge in [0.2, 0.25) is 0 Å². The van der Waals surface area contributed by atoms with Crippen molar-refractivity contribution in [2.45, 2.75) is 469 Å². The molecule has 26 rings (SSSR count). The second-order valence-corrected chi connectivity index (χ2v) is 47.5. The van der Waals surface area contributed by atoms with Gasteiger partial charge < -0.3 is 36.6 Å². The molecule has 150 heavy (non-hydrogen) atoms. The molecule has 8 atom stereocenters. The number of nitrogens with one attached hydrogen (secondary N) is 7. The fraction of sp³-hybridized carbons (Fsp3) is 0.640. The summed E-state index contributed by atoms with van der Waals surface area (Å²) in [5.41, 5.74) is 31.3. The normalized spacial score (nSPS) is 27.0. The Morgan fingerprint density at radius 1 is 0.327 bits per heavy atom. The number of H-pyrrole nitrogens is 2. The van der Waals surface area contributed by atoms with E-state index in [0.717, 1.165) is 154 Å². The number of aromatic nitrogens is 6. The van der Waals surface area contributed by atoms with Crippen molar-refractivity contribution in [3.63, 3.8) is 0 Å². The topological polar surface area (TPSA) is 143 Å². The molecule has 11 saturated carbocycles. The number of hydrogen-bond donors (Lipinski definition) is 7. The molecule has 11 nitrogen and oxygen atoms in total. The number of allylic oxidation sites excluding steroid dienone is 13. The number of aryl methyl sites for hydroxylation is 12. The van der Waals surface area contributed by atoms with Crippen LogP contribution in [-0.2, 0) is 6.42 Å². The number of piperazine rings is 1. The summed E-state index contributed by atoms with van der Waals surface area (Å²) in [6, 6.07) is 29.7. The Morgan fingerprint density at radius 2 is 0.747 bits per heavy atom. The van der Waals surface area contributed by atoms with E-state index in [0.29, 0.717) is 18.2 Å². The molecule has 4 aromatic carbocycles. The van der Waals surface area contributed by atoms with Gasteiger partial charge in [-0.3, -0.25) is 4.98 Å². The summed E-state index contributed by atoms with van der Waals surface area (Å²) in [4.78, 5) is 22.6. The SMILES string of the molecule is C.C.C.C.C.C.C.C.C.C.C.C.CC12CCC(C)(CC1)CC2.CC1=CC2=CC(C)=CC2=C1.CC1=CC=C(C)CC1.CC1C2CC3CC1CC(C)(C3)C2.CC1CC2CC(C1)C2C.CC1CCC(C)CC1.CC1CCC(C)NC1.CC1CNC(C)CN1.CC1CNC(C)NC1.Cc1ccc(C)c2[nH]ccc12.Cc1ccc(C)c2[nH]cnc12.Cc1ccc(C)c2c1C=CC2.Cc1ccc(C)cc1.Cc1ccc(C)nc1.Cc1cnc(C)nc1. The van der Waals surface area contributed by atoms with Crippen molar-refractivity contribution < 1.29 is 0 Å². The molecule has 854 valence electrons. The fourth-order valence-corrected chi connectivity index (χ4v) is 22.8. The van der Waals surface area contributed by atoms with Crippen LogP contribution in [0, 0.1) is 170 Å². The van der Waals surface area contributed by atoms with Crippen molar-refractivity contribution in [1.82, 2.24) is 56.5 Å². The molecule has 8 bridgehead atoms. The molecule has 0 amide bonds. The van der Waals surface area contributed by atoms with Gasteiger partial charge in [0.05, 0.1) is 23.5 Å². The molecule has 3 aliphatic heterocycles. The van der Waals surface area contributed by atoms with E-state index in [1.54, 1.807) is 44.9 Å². The molecule has 14 fully saturated rings. The van der Waals surface area contributed by atoms with Gasteiger partial charge in [-0.25, -0.2) is 15.0 Å². The van der Waals surface area contributed by atoms with Crippen molar-refractivity contribution >= 4 is 28.0 Å². The van der Waals surface area contributed by atoms with E-state index >= 15 is 0 Å². The van der Waals surface area contributed by atoms with Crippen LogP contribution >= 0.6 is 0 Å². The number of pyridine rings is 1.